The summed E-state index contributed by atoms with van der Waals surface area (Å²) in [5.74, 6) is 0. The SMILES string of the molecule is C[C@@]12Cc3ccccc3C[C@]1(O)CC[C@@H]2OS(C)(=O)=O. The van der Waals surface area contributed by atoms with Crippen molar-refractivity contribution in [1.29, 1.82) is 0 Å². The maximum Gasteiger partial charge on any atom is 0.264 e. The largest absolute Gasteiger partial charge is 0.389 e. The molecule has 0 aromatic heterocycles. The molecule has 0 spiro atoms. The summed E-state index contributed by atoms with van der Waals surface area (Å²) in [7, 11) is -3.51. The van der Waals surface area contributed by atoms with E-state index >= 15 is 0 Å². The number of hydrogen-bond acceptors (Lipinski definition) is 4. The van der Waals surface area contributed by atoms with Crippen molar-refractivity contribution in [2.24, 2.45) is 5.41 Å². The minimum Gasteiger partial charge on any atom is -0.389 e. The molecule has 2 aliphatic carbocycles. The van der Waals surface area contributed by atoms with Crippen molar-refractivity contribution in [3.8, 4) is 0 Å². The van der Waals surface area contributed by atoms with Crippen molar-refractivity contribution in [2.75, 3.05) is 6.26 Å². The van der Waals surface area contributed by atoms with Gasteiger partial charge in [-0.05, 0) is 30.4 Å². The van der Waals surface area contributed by atoms with Crippen LogP contribution in [0.1, 0.15) is 30.9 Å². The highest BCUT2D eigenvalue weighted by Gasteiger charge is 2.59. The van der Waals surface area contributed by atoms with E-state index in [2.05, 4.69) is 6.07 Å². The molecule has 4 nitrogen and oxygen atoms in total. The Bertz CT molecular complexity index is 639. The second kappa shape index (κ2) is 4.29. The smallest absolute Gasteiger partial charge is 0.264 e. The van der Waals surface area contributed by atoms with Crippen LogP contribution in [0.2, 0.25) is 0 Å². The van der Waals surface area contributed by atoms with Crippen LogP contribution >= 0.6 is 0 Å². The van der Waals surface area contributed by atoms with E-state index in [4.69, 9.17) is 4.18 Å². The van der Waals surface area contributed by atoms with Crippen molar-refractivity contribution in [1.82, 2.24) is 0 Å². The molecule has 3 rings (SSSR count). The molecule has 5 heteroatoms. The van der Waals surface area contributed by atoms with Crippen molar-refractivity contribution in [3.63, 3.8) is 0 Å². The van der Waals surface area contributed by atoms with Gasteiger partial charge in [0.1, 0.15) is 0 Å². The van der Waals surface area contributed by atoms with Gasteiger partial charge in [-0.15, -0.1) is 0 Å². The fourth-order valence-electron chi connectivity index (χ4n) is 3.82. The van der Waals surface area contributed by atoms with E-state index in [1.54, 1.807) is 0 Å². The van der Waals surface area contributed by atoms with Gasteiger partial charge in [0, 0.05) is 11.8 Å². The molecule has 1 fully saturated rings. The van der Waals surface area contributed by atoms with Crippen molar-refractivity contribution < 1.29 is 17.7 Å². The maximum absolute atomic E-state index is 11.5. The molecule has 1 aromatic rings. The molecule has 1 saturated carbocycles. The molecule has 0 aliphatic heterocycles. The zero-order chi connectivity index (χ0) is 14.6. The minimum absolute atomic E-state index is 0.448. The van der Waals surface area contributed by atoms with E-state index in [0.717, 1.165) is 11.8 Å². The number of hydrogen-bond donors (Lipinski definition) is 1. The number of benzene rings is 1. The fraction of sp³-hybridized carbons (Fsp3) is 0.600. The van der Waals surface area contributed by atoms with Gasteiger partial charge in [-0.2, -0.15) is 8.42 Å². The minimum atomic E-state index is -3.51. The van der Waals surface area contributed by atoms with Gasteiger partial charge in [-0.3, -0.25) is 4.18 Å². The number of rotatable bonds is 2. The summed E-state index contributed by atoms with van der Waals surface area (Å²) in [6.07, 6.45) is 3.01. The molecule has 0 bridgehead atoms. The highest BCUT2D eigenvalue weighted by Crippen LogP contribution is 2.54. The Morgan fingerprint density at radius 2 is 1.85 bits per heavy atom. The molecule has 3 atom stereocenters. The molecule has 20 heavy (non-hydrogen) atoms. The summed E-state index contributed by atoms with van der Waals surface area (Å²) in [6.45, 7) is 1.95. The molecule has 1 aromatic carbocycles. The van der Waals surface area contributed by atoms with Crippen molar-refractivity contribution in [3.05, 3.63) is 35.4 Å². The predicted molar refractivity (Wildman–Crippen MR) is 75.9 cm³/mol. The van der Waals surface area contributed by atoms with Crippen LogP contribution in [0.4, 0.5) is 0 Å². The number of aliphatic hydroxyl groups is 1. The van der Waals surface area contributed by atoms with E-state index in [1.807, 2.05) is 25.1 Å². The van der Waals surface area contributed by atoms with Crippen LogP contribution < -0.4 is 0 Å². The van der Waals surface area contributed by atoms with Gasteiger partial charge in [0.2, 0.25) is 0 Å². The van der Waals surface area contributed by atoms with E-state index in [1.165, 1.54) is 5.56 Å². The monoisotopic (exact) mass is 296 g/mol. The Morgan fingerprint density at radius 1 is 1.25 bits per heavy atom. The Balaban J connectivity index is 2.00. The predicted octanol–water partition coefficient (Wildman–Crippen LogP) is 1.66. The van der Waals surface area contributed by atoms with E-state index in [9.17, 15) is 13.5 Å². The van der Waals surface area contributed by atoms with Crippen LogP contribution in [0.5, 0.6) is 0 Å². The first kappa shape index (κ1) is 14.0. The molecular weight excluding hydrogens is 276 g/mol. The topological polar surface area (TPSA) is 63.6 Å². The molecule has 110 valence electrons. The highest BCUT2D eigenvalue weighted by atomic mass is 32.2. The molecule has 2 aliphatic rings. The van der Waals surface area contributed by atoms with E-state index in [-0.39, 0.29) is 0 Å². The Morgan fingerprint density at radius 3 is 2.45 bits per heavy atom. The van der Waals surface area contributed by atoms with Crippen LogP contribution in [0.25, 0.3) is 0 Å². The summed E-state index contributed by atoms with van der Waals surface area (Å²) >= 11 is 0. The molecular formula is C15H20O4S. The Labute approximate surface area is 119 Å². The molecule has 0 amide bonds. The number of fused-ring (bicyclic) bond motifs is 2. The first-order chi connectivity index (χ1) is 9.24. The van der Waals surface area contributed by atoms with Gasteiger partial charge >= 0.3 is 0 Å². The third-order valence-corrected chi connectivity index (χ3v) is 5.63. The maximum atomic E-state index is 11.5. The van der Waals surface area contributed by atoms with Crippen molar-refractivity contribution in [2.45, 2.75) is 44.3 Å². The molecule has 0 heterocycles. The van der Waals surface area contributed by atoms with E-state index in [0.29, 0.717) is 25.7 Å². The molecule has 1 N–H and O–H groups in total. The van der Waals surface area contributed by atoms with Crippen LogP contribution in [0.3, 0.4) is 0 Å². The average Bonchev–Trinajstić information content (AvgIpc) is 2.57. The fourth-order valence-corrected chi connectivity index (χ4v) is 4.55. The van der Waals surface area contributed by atoms with Gasteiger partial charge in [0.25, 0.3) is 10.1 Å². The summed E-state index contributed by atoms with van der Waals surface area (Å²) in [5, 5.41) is 11.0. The van der Waals surface area contributed by atoms with E-state index < -0.39 is 27.2 Å². The van der Waals surface area contributed by atoms with Crippen LogP contribution in [0, 0.1) is 5.41 Å². The highest BCUT2D eigenvalue weighted by molar-refractivity contribution is 7.86. The lowest BCUT2D eigenvalue weighted by Gasteiger charge is -2.46. The lowest BCUT2D eigenvalue weighted by Crippen LogP contribution is -2.53. The first-order valence-electron chi connectivity index (χ1n) is 6.91. The van der Waals surface area contributed by atoms with Crippen molar-refractivity contribution >= 4 is 10.1 Å². The zero-order valence-corrected chi connectivity index (χ0v) is 12.6. The lowest BCUT2D eigenvalue weighted by molar-refractivity contribution is -0.0896. The quantitative estimate of drug-likeness (QED) is 0.843. The van der Waals surface area contributed by atoms with Gasteiger partial charge in [-0.25, -0.2) is 0 Å². The van der Waals surface area contributed by atoms with Gasteiger partial charge in [0.05, 0.1) is 18.0 Å². The van der Waals surface area contributed by atoms with Crippen LogP contribution in [-0.2, 0) is 27.1 Å². The second-order valence-electron chi connectivity index (χ2n) is 6.40. The first-order valence-corrected chi connectivity index (χ1v) is 8.73. The van der Waals surface area contributed by atoms with Gasteiger partial charge in [0.15, 0.2) is 0 Å². The summed E-state index contributed by atoms with van der Waals surface area (Å²) < 4.78 is 28.2. The Hall–Kier alpha value is -0.910. The molecule has 0 saturated heterocycles. The van der Waals surface area contributed by atoms with Gasteiger partial charge in [-0.1, -0.05) is 31.2 Å². The standard InChI is InChI=1S/C15H20O4S/c1-14-9-11-5-3-4-6-12(11)10-15(14,16)8-7-13(14)19-20(2,17)18/h3-6,13,16H,7-10H2,1-2H3/t13-,14-,15+/m0/s1. The summed E-state index contributed by atoms with van der Waals surface area (Å²) in [6, 6.07) is 8.05. The third kappa shape index (κ3) is 2.08. The molecule has 0 radical (unpaired) electrons. The van der Waals surface area contributed by atoms with Crippen LogP contribution in [-0.4, -0.2) is 31.5 Å². The zero-order valence-electron chi connectivity index (χ0n) is 11.8. The summed E-state index contributed by atoms with van der Waals surface area (Å²) in [4.78, 5) is 0. The second-order valence-corrected chi connectivity index (χ2v) is 8.00. The summed E-state index contributed by atoms with van der Waals surface area (Å²) in [5.41, 5.74) is 0.914. The third-order valence-electron chi connectivity index (χ3n) is 5.04. The normalized spacial score (nSPS) is 36.5. The average molecular weight is 296 g/mol. The van der Waals surface area contributed by atoms with Crippen LogP contribution in [0.15, 0.2) is 24.3 Å². The Kier molecular flexibility index (Phi) is 3.01. The lowest BCUT2D eigenvalue weighted by atomic mass is 9.63. The molecule has 0 unspecified atom stereocenters. The van der Waals surface area contributed by atoms with Gasteiger partial charge < -0.3 is 5.11 Å².